The summed E-state index contributed by atoms with van der Waals surface area (Å²) in [5.41, 5.74) is 7.03. The molecule has 0 radical (unpaired) electrons. The highest BCUT2D eigenvalue weighted by atomic mass is 32.1. The maximum absolute atomic E-state index is 11.9. The molecule has 1 amide bonds. The fraction of sp³-hybridized carbons (Fsp3) is 0.583. The van der Waals surface area contributed by atoms with E-state index in [2.05, 4.69) is 13.0 Å². The maximum Gasteiger partial charge on any atom is 0.239 e. The fourth-order valence-electron chi connectivity index (χ4n) is 1.51. The molecule has 0 aliphatic rings. The highest BCUT2D eigenvalue weighted by Gasteiger charge is 2.18. The van der Waals surface area contributed by atoms with Gasteiger partial charge in [0.2, 0.25) is 5.91 Å². The highest BCUT2D eigenvalue weighted by molar-refractivity contribution is 7.10. The van der Waals surface area contributed by atoms with Gasteiger partial charge in [-0.05, 0) is 30.4 Å². The zero-order valence-electron chi connectivity index (χ0n) is 10.6. The summed E-state index contributed by atoms with van der Waals surface area (Å²) in [5, 5.41) is 2.04. The van der Waals surface area contributed by atoms with Crippen molar-refractivity contribution in [2.75, 3.05) is 20.8 Å². The average Bonchev–Trinajstić information content (AvgIpc) is 2.70. The number of ether oxygens (including phenoxy) is 1. The van der Waals surface area contributed by atoms with E-state index in [1.807, 2.05) is 5.38 Å². The van der Waals surface area contributed by atoms with Gasteiger partial charge >= 0.3 is 0 Å². The van der Waals surface area contributed by atoms with Crippen molar-refractivity contribution in [3.63, 3.8) is 0 Å². The number of hydrogen-bond acceptors (Lipinski definition) is 4. The van der Waals surface area contributed by atoms with Crippen LogP contribution >= 0.6 is 11.3 Å². The quantitative estimate of drug-likeness (QED) is 0.836. The SMILES string of the molecule is COCCC(N)C(=O)N(C)Cc1sccc1C. The molecule has 1 atom stereocenters. The molecule has 0 aromatic carbocycles. The first-order chi connectivity index (χ1) is 8.06. The van der Waals surface area contributed by atoms with E-state index in [1.165, 1.54) is 10.4 Å². The van der Waals surface area contributed by atoms with E-state index >= 15 is 0 Å². The van der Waals surface area contributed by atoms with E-state index in [4.69, 9.17) is 10.5 Å². The topological polar surface area (TPSA) is 55.6 Å². The van der Waals surface area contributed by atoms with Crippen molar-refractivity contribution in [2.45, 2.75) is 25.9 Å². The fourth-order valence-corrected chi connectivity index (χ4v) is 2.47. The largest absolute Gasteiger partial charge is 0.385 e. The van der Waals surface area contributed by atoms with Crippen molar-refractivity contribution in [2.24, 2.45) is 5.73 Å². The summed E-state index contributed by atoms with van der Waals surface area (Å²) in [7, 11) is 3.39. The first-order valence-electron chi connectivity index (χ1n) is 5.58. The minimum absolute atomic E-state index is 0.0325. The molecule has 2 N–H and O–H groups in total. The summed E-state index contributed by atoms with van der Waals surface area (Å²) < 4.78 is 4.92. The lowest BCUT2D eigenvalue weighted by molar-refractivity contribution is -0.132. The highest BCUT2D eigenvalue weighted by Crippen LogP contribution is 2.17. The Balaban J connectivity index is 2.49. The Kier molecular flexibility index (Phi) is 5.61. The molecule has 0 aliphatic heterocycles. The standard InChI is InChI=1S/C12H20N2O2S/c1-9-5-7-17-11(9)8-14(2)12(15)10(13)4-6-16-3/h5,7,10H,4,6,8,13H2,1-3H3. The predicted molar refractivity (Wildman–Crippen MR) is 70.0 cm³/mol. The van der Waals surface area contributed by atoms with E-state index in [1.54, 1.807) is 30.4 Å². The second-order valence-corrected chi connectivity index (χ2v) is 5.11. The minimum atomic E-state index is -0.472. The molecule has 17 heavy (non-hydrogen) atoms. The van der Waals surface area contributed by atoms with Gasteiger partial charge in [0.05, 0.1) is 12.6 Å². The number of aryl methyl sites for hydroxylation is 1. The van der Waals surface area contributed by atoms with Crippen LogP contribution in [-0.4, -0.2) is 37.6 Å². The summed E-state index contributed by atoms with van der Waals surface area (Å²) in [6, 6.07) is 1.59. The molecule has 4 nitrogen and oxygen atoms in total. The maximum atomic E-state index is 11.9. The predicted octanol–water partition coefficient (Wildman–Crippen LogP) is 1.38. The van der Waals surface area contributed by atoms with Gasteiger partial charge in [-0.3, -0.25) is 4.79 Å². The Morgan fingerprint density at radius 1 is 1.65 bits per heavy atom. The number of carbonyl (C=O) groups is 1. The second-order valence-electron chi connectivity index (χ2n) is 4.11. The van der Waals surface area contributed by atoms with Crippen molar-refractivity contribution in [1.82, 2.24) is 4.90 Å². The number of nitrogens with two attached hydrogens (primary N) is 1. The smallest absolute Gasteiger partial charge is 0.239 e. The van der Waals surface area contributed by atoms with Crippen LogP contribution in [-0.2, 0) is 16.1 Å². The molecular formula is C12H20N2O2S. The number of rotatable bonds is 6. The van der Waals surface area contributed by atoms with Gasteiger partial charge < -0.3 is 15.4 Å². The van der Waals surface area contributed by atoms with Crippen LogP contribution < -0.4 is 5.73 Å². The number of hydrogen-bond donors (Lipinski definition) is 1. The van der Waals surface area contributed by atoms with Crippen LogP contribution in [0.5, 0.6) is 0 Å². The van der Waals surface area contributed by atoms with Crippen LogP contribution in [0.25, 0.3) is 0 Å². The third-order valence-corrected chi connectivity index (χ3v) is 3.68. The molecule has 0 spiro atoms. The van der Waals surface area contributed by atoms with E-state index in [-0.39, 0.29) is 5.91 Å². The van der Waals surface area contributed by atoms with Crippen LogP contribution in [0, 0.1) is 6.92 Å². The van der Waals surface area contributed by atoms with Crippen molar-refractivity contribution < 1.29 is 9.53 Å². The van der Waals surface area contributed by atoms with Gasteiger partial charge in [0, 0.05) is 25.6 Å². The Bertz CT molecular complexity index is 365. The molecule has 1 aromatic rings. The van der Waals surface area contributed by atoms with E-state index in [0.717, 1.165) is 0 Å². The van der Waals surface area contributed by atoms with Gasteiger partial charge in [-0.25, -0.2) is 0 Å². The summed E-state index contributed by atoms with van der Waals surface area (Å²) in [4.78, 5) is 14.8. The lowest BCUT2D eigenvalue weighted by Gasteiger charge is -2.21. The molecule has 0 saturated carbocycles. The molecule has 0 aliphatic carbocycles. The van der Waals surface area contributed by atoms with Crippen molar-refractivity contribution in [3.05, 3.63) is 21.9 Å². The molecule has 1 heterocycles. The van der Waals surface area contributed by atoms with Gasteiger partial charge in [0.15, 0.2) is 0 Å². The molecule has 96 valence electrons. The monoisotopic (exact) mass is 256 g/mol. The van der Waals surface area contributed by atoms with Gasteiger partial charge in [0.1, 0.15) is 0 Å². The molecule has 0 bridgehead atoms. The second kappa shape index (κ2) is 6.74. The van der Waals surface area contributed by atoms with Crippen molar-refractivity contribution in [1.29, 1.82) is 0 Å². The number of carbonyl (C=O) groups excluding carboxylic acids is 1. The first kappa shape index (κ1) is 14.2. The zero-order valence-corrected chi connectivity index (χ0v) is 11.4. The molecule has 1 aromatic heterocycles. The molecule has 5 heteroatoms. The Morgan fingerprint density at radius 3 is 2.88 bits per heavy atom. The van der Waals surface area contributed by atoms with Crippen LogP contribution in [0.2, 0.25) is 0 Å². The van der Waals surface area contributed by atoms with Gasteiger partial charge in [-0.15, -0.1) is 11.3 Å². The molecule has 0 saturated heterocycles. The molecule has 0 fully saturated rings. The number of methoxy groups -OCH3 is 1. The third kappa shape index (κ3) is 4.11. The van der Waals surface area contributed by atoms with Gasteiger partial charge in [-0.2, -0.15) is 0 Å². The lowest BCUT2D eigenvalue weighted by Crippen LogP contribution is -2.41. The van der Waals surface area contributed by atoms with E-state index < -0.39 is 6.04 Å². The normalized spacial score (nSPS) is 12.5. The molecular weight excluding hydrogens is 236 g/mol. The van der Waals surface area contributed by atoms with E-state index in [9.17, 15) is 4.79 Å². The third-order valence-electron chi connectivity index (χ3n) is 2.68. The minimum Gasteiger partial charge on any atom is -0.385 e. The summed E-state index contributed by atoms with van der Waals surface area (Å²) >= 11 is 1.67. The number of thiophene rings is 1. The zero-order chi connectivity index (χ0) is 12.8. The molecule has 1 rings (SSSR count). The van der Waals surface area contributed by atoms with E-state index in [0.29, 0.717) is 19.6 Å². The Labute approximate surface area is 106 Å². The van der Waals surface area contributed by atoms with Crippen LogP contribution in [0.15, 0.2) is 11.4 Å². The summed E-state index contributed by atoms with van der Waals surface area (Å²) in [6.45, 7) is 3.19. The number of amides is 1. The summed E-state index contributed by atoms with van der Waals surface area (Å²) in [5.74, 6) is -0.0325. The average molecular weight is 256 g/mol. The number of likely N-dealkylation sites (N-methyl/N-ethyl adjacent to an activating group) is 1. The first-order valence-corrected chi connectivity index (χ1v) is 6.46. The van der Waals surface area contributed by atoms with Crippen molar-refractivity contribution >= 4 is 17.2 Å². The van der Waals surface area contributed by atoms with Crippen LogP contribution in [0.4, 0.5) is 0 Å². The Hall–Kier alpha value is -0.910. The lowest BCUT2D eigenvalue weighted by atomic mass is 10.2. The van der Waals surface area contributed by atoms with Gasteiger partial charge in [-0.1, -0.05) is 0 Å². The van der Waals surface area contributed by atoms with Crippen LogP contribution in [0.1, 0.15) is 16.9 Å². The Morgan fingerprint density at radius 2 is 2.35 bits per heavy atom. The summed E-state index contributed by atoms with van der Waals surface area (Å²) in [6.07, 6.45) is 0.559. The van der Waals surface area contributed by atoms with Crippen molar-refractivity contribution in [3.8, 4) is 0 Å². The number of nitrogens with zero attached hydrogens (tertiary/aromatic N) is 1. The van der Waals surface area contributed by atoms with Crippen LogP contribution in [0.3, 0.4) is 0 Å². The molecule has 1 unspecified atom stereocenters. The van der Waals surface area contributed by atoms with Gasteiger partial charge in [0.25, 0.3) is 0 Å².